The standard InChI is InChI=1S/C20H21N3O2/c1-14-4-8-16(9-5-14)20(2,3)13-22-18(24)19(25)23-17-10-6-15(12-21)7-11-17/h4-11H,13H2,1-3H3,(H,22,24)(H,23,25). The first-order valence-electron chi connectivity index (χ1n) is 7.98. The van der Waals surface area contributed by atoms with Gasteiger partial charge in [0.1, 0.15) is 0 Å². The first-order valence-corrected chi connectivity index (χ1v) is 7.98. The Labute approximate surface area is 147 Å². The van der Waals surface area contributed by atoms with E-state index in [1.54, 1.807) is 24.3 Å². The first kappa shape index (κ1) is 18.2. The molecule has 0 unspecified atom stereocenters. The highest BCUT2D eigenvalue weighted by molar-refractivity contribution is 6.39. The monoisotopic (exact) mass is 335 g/mol. The molecule has 2 rings (SSSR count). The number of carbonyl (C=O) groups excluding carboxylic acids is 2. The molecule has 0 spiro atoms. The maximum Gasteiger partial charge on any atom is 0.313 e. The maximum absolute atomic E-state index is 12.0. The summed E-state index contributed by atoms with van der Waals surface area (Å²) in [6.45, 7) is 6.38. The third-order valence-electron chi connectivity index (χ3n) is 4.00. The van der Waals surface area contributed by atoms with Gasteiger partial charge in [-0.25, -0.2) is 0 Å². The van der Waals surface area contributed by atoms with Gasteiger partial charge in [-0.05, 0) is 36.8 Å². The van der Waals surface area contributed by atoms with Gasteiger partial charge in [-0.1, -0.05) is 43.7 Å². The lowest BCUT2D eigenvalue weighted by atomic mass is 9.84. The van der Waals surface area contributed by atoms with Gasteiger partial charge in [0.05, 0.1) is 11.6 Å². The van der Waals surface area contributed by atoms with Crippen molar-refractivity contribution in [1.29, 1.82) is 5.26 Å². The Hall–Kier alpha value is -3.13. The summed E-state index contributed by atoms with van der Waals surface area (Å²) in [6, 6.07) is 16.4. The second-order valence-corrected chi connectivity index (χ2v) is 6.58. The molecule has 0 aliphatic carbocycles. The number of nitriles is 1. The lowest BCUT2D eigenvalue weighted by Crippen LogP contribution is -2.42. The summed E-state index contributed by atoms with van der Waals surface area (Å²) in [5.41, 5.74) is 2.92. The molecule has 0 bridgehead atoms. The summed E-state index contributed by atoms with van der Waals surface area (Å²) in [5, 5.41) is 13.9. The van der Waals surface area contributed by atoms with E-state index < -0.39 is 11.8 Å². The zero-order chi connectivity index (χ0) is 18.4. The number of hydrogen-bond acceptors (Lipinski definition) is 3. The lowest BCUT2D eigenvalue weighted by Gasteiger charge is -2.25. The fourth-order valence-electron chi connectivity index (χ4n) is 2.30. The van der Waals surface area contributed by atoms with Gasteiger partial charge in [0.25, 0.3) is 0 Å². The Morgan fingerprint density at radius 3 is 2.16 bits per heavy atom. The number of nitrogens with zero attached hydrogens (tertiary/aromatic N) is 1. The van der Waals surface area contributed by atoms with Crippen LogP contribution in [0.2, 0.25) is 0 Å². The van der Waals surface area contributed by atoms with Gasteiger partial charge in [-0.2, -0.15) is 5.26 Å². The molecule has 0 aliphatic rings. The number of carbonyl (C=O) groups is 2. The summed E-state index contributed by atoms with van der Waals surface area (Å²) < 4.78 is 0. The first-order chi connectivity index (χ1) is 11.8. The normalized spacial score (nSPS) is 10.6. The molecular formula is C20H21N3O2. The van der Waals surface area contributed by atoms with E-state index in [0.717, 1.165) is 5.56 Å². The maximum atomic E-state index is 12.0. The van der Waals surface area contributed by atoms with Gasteiger partial charge >= 0.3 is 11.8 Å². The molecule has 2 N–H and O–H groups in total. The number of benzene rings is 2. The third-order valence-corrected chi connectivity index (χ3v) is 4.00. The molecule has 5 nitrogen and oxygen atoms in total. The van der Waals surface area contributed by atoms with Crippen LogP contribution in [0.15, 0.2) is 48.5 Å². The number of amides is 2. The average molecular weight is 335 g/mol. The predicted octanol–water partition coefficient (Wildman–Crippen LogP) is 2.90. The molecule has 0 aromatic heterocycles. The van der Waals surface area contributed by atoms with Crippen molar-refractivity contribution in [3.8, 4) is 6.07 Å². The van der Waals surface area contributed by atoms with Crippen LogP contribution in [0.5, 0.6) is 0 Å². The highest BCUT2D eigenvalue weighted by Gasteiger charge is 2.23. The van der Waals surface area contributed by atoms with Crippen molar-refractivity contribution in [2.75, 3.05) is 11.9 Å². The molecule has 128 valence electrons. The van der Waals surface area contributed by atoms with Crippen LogP contribution in [0, 0.1) is 18.3 Å². The van der Waals surface area contributed by atoms with Crippen LogP contribution in [0.25, 0.3) is 0 Å². The molecule has 0 radical (unpaired) electrons. The summed E-state index contributed by atoms with van der Waals surface area (Å²) in [5.74, 6) is -1.42. The molecule has 0 atom stereocenters. The molecule has 0 saturated heterocycles. The van der Waals surface area contributed by atoms with Crippen LogP contribution in [0.3, 0.4) is 0 Å². The van der Waals surface area contributed by atoms with Crippen molar-refractivity contribution in [1.82, 2.24) is 5.32 Å². The van der Waals surface area contributed by atoms with E-state index in [2.05, 4.69) is 10.6 Å². The zero-order valence-electron chi connectivity index (χ0n) is 14.6. The molecule has 5 heteroatoms. The van der Waals surface area contributed by atoms with Gasteiger partial charge < -0.3 is 10.6 Å². The van der Waals surface area contributed by atoms with Crippen molar-refractivity contribution in [3.63, 3.8) is 0 Å². The van der Waals surface area contributed by atoms with Crippen molar-refractivity contribution in [2.45, 2.75) is 26.2 Å². The fraction of sp³-hybridized carbons (Fsp3) is 0.250. The molecule has 0 fully saturated rings. The molecule has 0 saturated carbocycles. The van der Waals surface area contributed by atoms with Crippen molar-refractivity contribution in [2.24, 2.45) is 0 Å². The van der Waals surface area contributed by atoms with E-state index in [-0.39, 0.29) is 5.41 Å². The van der Waals surface area contributed by atoms with E-state index in [1.165, 1.54) is 5.56 Å². The van der Waals surface area contributed by atoms with E-state index in [9.17, 15) is 9.59 Å². The van der Waals surface area contributed by atoms with Crippen molar-refractivity contribution < 1.29 is 9.59 Å². The number of rotatable bonds is 4. The topological polar surface area (TPSA) is 82.0 Å². The van der Waals surface area contributed by atoms with Crippen LogP contribution in [0.1, 0.15) is 30.5 Å². The Balaban J connectivity index is 1.93. The number of anilines is 1. The van der Waals surface area contributed by atoms with E-state index in [1.807, 2.05) is 51.1 Å². The summed E-state index contributed by atoms with van der Waals surface area (Å²) in [6.07, 6.45) is 0. The Kier molecular flexibility index (Phi) is 5.56. The second kappa shape index (κ2) is 7.63. The molecule has 2 aromatic rings. The fourth-order valence-corrected chi connectivity index (χ4v) is 2.30. The lowest BCUT2D eigenvalue weighted by molar-refractivity contribution is -0.136. The Morgan fingerprint density at radius 2 is 1.60 bits per heavy atom. The van der Waals surface area contributed by atoms with E-state index in [0.29, 0.717) is 17.8 Å². The van der Waals surface area contributed by atoms with Gasteiger partial charge in [-0.3, -0.25) is 9.59 Å². The van der Waals surface area contributed by atoms with Gasteiger partial charge in [0.15, 0.2) is 0 Å². The molecule has 0 aliphatic heterocycles. The highest BCUT2D eigenvalue weighted by atomic mass is 16.2. The van der Waals surface area contributed by atoms with Crippen LogP contribution < -0.4 is 10.6 Å². The van der Waals surface area contributed by atoms with Gasteiger partial charge in [0, 0.05) is 17.6 Å². The largest absolute Gasteiger partial charge is 0.347 e. The van der Waals surface area contributed by atoms with E-state index in [4.69, 9.17) is 5.26 Å². The summed E-state index contributed by atoms with van der Waals surface area (Å²) in [7, 11) is 0. The number of aryl methyl sites for hydroxylation is 1. The minimum absolute atomic E-state index is 0.294. The molecule has 0 heterocycles. The molecular weight excluding hydrogens is 314 g/mol. The van der Waals surface area contributed by atoms with Gasteiger partial charge in [-0.15, -0.1) is 0 Å². The van der Waals surface area contributed by atoms with Gasteiger partial charge in [0.2, 0.25) is 0 Å². The Bertz CT molecular complexity index is 800. The van der Waals surface area contributed by atoms with Crippen molar-refractivity contribution >= 4 is 17.5 Å². The Morgan fingerprint density at radius 1 is 1.00 bits per heavy atom. The number of nitrogens with one attached hydrogen (secondary N) is 2. The van der Waals surface area contributed by atoms with Crippen molar-refractivity contribution in [3.05, 3.63) is 65.2 Å². The van der Waals surface area contributed by atoms with Crippen LogP contribution in [0.4, 0.5) is 5.69 Å². The van der Waals surface area contributed by atoms with Crippen LogP contribution in [-0.4, -0.2) is 18.4 Å². The summed E-state index contributed by atoms with van der Waals surface area (Å²) in [4.78, 5) is 24.0. The average Bonchev–Trinajstić information content (AvgIpc) is 2.60. The highest BCUT2D eigenvalue weighted by Crippen LogP contribution is 2.22. The molecule has 25 heavy (non-hydrogen) atoms. The SMILES string of the molecule is Cc1ccc(C(C)(C)CNC(=O)C(=O)Nc2ccc(C#N)cc2)cc1. The molecule has 2 amide bonds. The quantitative estimate of drug-likeness (QED) is 0.843. The van der Waals surface area contributed by atoms with Crippen LogP contribution in [-0.2, 0) is 15.0 Å². The summed E-state index contributed by atoms with van der Waals surface area (Å²) >= 11 is 0. The third kappa shape index (κ3) is 4.92. The van der Waals surface area contributed by atoms with Crippen LogP contribution >= 0.6 is 0 Å². The smallest absolute Gasteiger partial charge is 0.313 e. The van der Waals surface area contributed by atoms with E-state index >= 15 is 0 Å². The minimum atomic E-state index is -0.732. The number of hydrogen-bond donors (Lipinski definition) is 2. The second-order valence-electron chi connectivity index (χ2n) is 6.58. The minimum Gasteiger partial charge on any atom is -0.347 e. The molecule has 2 aromatic carbocycles. The zero-order valence-corrected chi connectivity index (χ0v) is 14.6. The predicted molar refractivity (Wildman–Crippen MR) is 97.0 cm³/mol.